The topological polar surface area (TPSA) is 161 Å². The molecule has 0 atom stereocenters. The third kappa shape index (κ3) is 5.43. The predicted molar refractivity (Wildman–Crippen MR) is 150 cm³/mol. The monoisotopic (exact) mass is 536 g/mol. The van der Waals surface area contributed by atoms with Crippen LogP contribution in [0.15, 0.2) is 73.3 Å². The molecule has 0 saturated carbocycles. The van der Waals surface area contributed by atoms with Gasteiger partial charge in [-0.05, 0) is 50.2 Å². The summed E-state index contributed by atoms with van der Waals surface area (Å²) in [6, 6.07) is 14.8. The molecule has 6 aromatic rings. The molecule has 0 aliphatic heterocycles. The summed E-state index contributed by atoms with van der Waals surface area (Å²) < 4.78 is 9.02. The molecule has 202 valence electrons. The van der Waals surface area contributed by atoms with E-state index >= 15 is 0 Å². The summed E-state index contributed by atoms with van der Waals surface area (Å²) >= 11 is 0. The number of carboxylic acids is 1. The van der Waals surface area contributed by atoms with Crippen molar-refractivity contribution in [2.45, 2.75) is 26.9 Å². The Bertz CT molecular complexity index is 1810. The number of methoxy groups -OCH3 is 1. The number of aryl methyl sites for hydroxylation is 2. The van der Waals surface area contributed by atoms with Gasteiger partial charge in [0.25, 0.3) is 0 Å². The third-order valence-corrected chi connectivity index (χ3v) is 6.64. The molecule has 4 heterocycles. The number of ether oxygens (including phenoxy) is 1. The third-order valence-electron chi connectivity index (χ3n) is 6.64. The van der Waals surface area contributed by atoms with Crippen molar-refractivity contribution in [2.24, 2.45) is 0 Å². The number of hydrogen-bond acceptors (Lipinski definition) is 6. The number of aromatic carboxylic acids is 1. The van der Waals surface area contributed by atoms with Gasteiger partial charge in [-0.25, -0.2) is 9.59 Å². The van der Waals surface area contributed by atoms with Crippen LogP contribution in [0.1, 0.15) is 34.6 Å². The van der Waals surface area contributed by atoms with Gasteiger partial charge in [0, 0.05) is 58.1 Å². The standard InChI is InChI=1S/C15H14N2O2.C14H12N2O2.Li.2H2O/c1-3-17-13-8-10(15(18)19-2)4-5-11(13)12-6-7-16-9-14(12)17;1-2-16-12-7-9(14(17)18)3-4-10(12)11-5-6-15-8-13(11)16;;;/h4-9H,3H2,1-2H3;3-8H,2H2,1H3,(H,17,18);;2*1H2/q;;+1;;/p-1. The molecule has 0 aliphatic rings. The van der Waals surface area contributed by atoms with Crippen LogP contribution in [0.5, 0.6) is 0 Å². The van der Waals surface area contributed by atoms with Crippen LogP contribution in [0.3, 0.4) is 0 Å². The van der Waals surface area contributed by atoms with Gasteiger partial charge in [-0.3, -0.25) is 9.97 Å². The Kier molecular flexibility index (Phi) is 10.6. The molecule has 0 amide bonds. The van der Waals surface area contributed by atoms with E-state index in [-0.39, 0.29) is 35.8 Å². The zero-order valence-corrected chi connectivity index (χ0v) is 22.8. The van der Waals surface area contributed by atoms with Crippen molar-refractivity contribution in [1.82, 2.24) is 19.1 Å². The number of fused-ring (bicyclic) bond motifs is 6. The summed E-state index contributed by atoms with van der Waals surface area (Å²) in [5.74, 6) is -1.21. The first-order valence-corrected chi connectivity index (χ1v) is 12.0. The van der Waals surface area contributed by atoms with Crippen LogP contribution in [-0.2, 0) is 17.8 Å². The fourth-order valence-corrected chi connectivity index (χ4v) is 4.94. The van der Waals surface area contributed by atoms with Crippen molar-refractivity contribution in [3.8, 4) is 0 Å². The molecule has 4 N–H and O–H groups in total. The van der Waals surface area contributed by atoms with Crippen LogP contribution >= 0.6 is 0 Å². The number of benzene rings is 2. The van der Waals surface area contributed by atoms with E-state index in [4.69, 9.17) is 9.84 Å². The summed E-state index contributed by atoms with van der Waals surface area (Å²) in [6.07, 6.45) is 7.22. The molecule has 40 heavy (non-hydrogen) atoms. The molecule has 11 heteroatoms. The number of esters is 1. The Morgan fingerprint density at radius 2 is 1.18 bits per heavy atom. The van der Waals surface area contributed by atoms with Crippen LogP contribution in [-0.4, -0.2) is 54.2 Å². The Balaban J connectivity index is 0.000000261. The van der Waals surface area contributed by atoms with E-state index in [9.17, 15) is 9.59 Å². The van der Waals surface area contributed by atoms with Gasteiger partial charge in [0.1, 0.15) is 0 Å². The predicted octanol–water partition coefficient (Wildman–Crippen LogP) is 1.91. The number of carbonyl (C=O) groups is 2. The average molecular weight is 537 g/mol. The minimum Gasteiger partial charge on any atom is -0.870 e. The van der Waals surface area contributed by atoms with Crippen LogP contribution in [0.2, 0.25) is 0 Å². The molecular formula is C29H29LiN4O6. The smallest absolute Gasteiger partial charge is 0.870 e. The Hall–Kier alpha value is -4.20. The maximum atomic E-state index is 11.6. The minimum atomic E-state index is -0.900. The van der Waals surface area contributed by atoms with Gasteiger partial charge in [0.2, 0.25) is 0 Å². The summed E-state index contributed by atoms with van der Waals surface area (Å²) in [5, 5.41) is 13.5. The van der Waals surface area contributed by atoms with Gasteiger partial charge in [-0.2, -0.15) is 0 Å². The van der Waals surface area contributed by atoms with Gasteiger partial charge in [0.05, 0.1) is 41.7 Å². The van der Waals surface area contributed by atoms with E-state index in [1.807, 2.05) is 49.6 Å². The Morgan fingerprint density at radius 3 is 1.60 bits per heavy atom. The summed E-state index contributed by atoms with van der Waals surface area (Å²) in [5.41, 5.74) is 4.99. The fourth-order valence-electron chi connectivity index (χ4n) is 4.94. The minimum absolute atomic E-state index is 0. The zero-order valence-electron chi connectivity index (χ0n) is 22.8. The molecule has 4 aromatic heterocycles. The molecule has 0 bridgehead atoms. The number of carboxylic acid groups (broad SMARTS) is 1. The van der Waals surface area contributed by atoms with Crippen LogP contribution in [0, 0.1) is 0 Å². The molecule has 0 aliphatic carbocycles. The number of hydrogen-bond donors (Lipinski definition) is 1. The summed E-state index contributed by atoms with van der Waals surface area (Å²) in [7, 11) is 1.39. The molecule has 0 saturated heterocycles. The van der Waals surface area contributed by atoms with E-state index in [1.165, 1.54) is 7.11 Å². The Morgan fingerprint density at radius 1 is 0.750 bits per heavy atom. The first kappa shape index (κ1) is 32.0. The molecule has 2 aromatic carbocycles. The van der Waals surface area contributed by atoms with E-state index in [1.54, 1.807) is 30.6 Å². The second-order valence-corrected chi connectivity index (χ2v) is 8.53. The molecule has 0 radical (unpaired) electrons. The van der Waals surface area contributed by atoms with Gasteiger partial charge < -0.3 is 29.9 Å². The molecular weight excluding hydrogens is 507 g/mol. The van der Waals surface area contributed by atoms with Crippen LogP contribution in [0.4, 0.5) is 0 Å². The maximum Gasteiger partial charge on any atom is 1.00 e. The number of aromatic nitrogens is 4. The molecule has 0 fully saturated rings. The van der Waals surface area contributed by atoms with E-state index < -0.39 is 5.97 Å². The number of pyridine rings is 2. The largest absolute Gasteiger partial charge is 1.00 e. The number of rotatable bonds is 4. The van der Waals surface area contributed by atoms with Crippen molar-refractivity contribution < 1.29 is 49.2 Å². The fraction of sp³-hybridized carbons (Fsp3) is 0.172. The molecule has 6 rings (SSSR count). The van der Waals surface area contributed by atoms with Crippen LogP contribution < -0.4 is 18.9 Å². The molecule has 10 nitrogen and oxygen atoms in total. The van der Waals surface area contributed by atoms with E-state index in [0.717, 1.165) is 56.7 Å². The van der Waals surface area contributed by atoms with E-state index in [2.05, 4.69) is 26.0 Å². The van der Waals surface area contributed by atoms with Crippen molar-refractivity contribution in [3.63, 3.8) is 0 Å². The van der Waals surface area contributed by atoms with Gasteiger partial charge in [-0.15, -0.1) is 0 Å². The van der Waals surface area contributed by atoms with Crippen molar-refractivity contribution in [2.75, 3.05) is 7.11 Å². The van der Waals surface area contributed by atoms with Crippen LogP contribution in [0.25, 0.3) is 43.6 Å². The average Bonchev–Trinajstić information content (AvgIpc) is 3.44. The zero-order chi connectivity index (χ0) is 26.1. The first-order valence-electron chi connectivity index (χ1n) is 12.0. The van der Waals surface area contributed by atoms with Crippen molar-refractivity contribution in [3.05, 3.63) is 84.4 Å². The molecule has 0 spiro atoms. The first-order chi connectivity index (χ1) is 18.0. The maximum absolute atomic E-state index is 11.6. The SMILES string of the molecule is CCn1c2cnccc2c2ccc(C(=O)O)cc21.CCn1c2cnccc2c2ccc(C(=O)OC)cc21.O.[Li+].[OH-]. The summed E-state index contributed by atoms with van der Waals surface area (Å²) in [4.78, 5) is 31.0. The quantitative estimate of drug-likeness (QED) is 0.266. The van der Waals surface area contributed by atoms with Gasteiger partial charge >= 0.3 is 30.8 Å². The van der Waals surface area contributed by atoms with Gasteiger partial charge in [0.15, 0.2) is 0 Å². The van der Waals surface area contributed by atoms with Crippen molar-refractivity contribution >= 4 is 55.6 Å². The van der Waals surface area contributed by atoms with E-state index in [0.29, 0.717) is 11.1 Å². The second kappa shape index (κ2) is 13.2. The molecule has 0 unspecified atom stereocenters. The van der Waals surface area contributed by atoms with Gasteiger partial charge in [-0.1, -0.05) is 12.1 Å². The summed E-state index contributed by atoms with van der Waals surface area (Å²) in [6.45, 7) is 5.74. The number of nitrogens with zero attached hydrogens (tertiary/aromatic N) is 4. The number of carbonyl (C=O) groups excluding carboxylic acids is 1. The normalized spacial score (nSPS) is 10.3. The second-order valence-electron chi connectivity index (χ2n) is 8.53. The van der Waals surface area contributed by atoms with Crippen molar-refractivity contribution in [1.29, 1.82) is 0 Å². The Labute approximate surface area is 242 Å².